The minimum Gasteiger partial charge on any atom is -0.452 e. The normalized spacial score (nSPS) is 13.9. The second-order valence-corrected chi connectivity index (χ2v) is 6.69. The number of esters is 1. The summed E-state index contributed by atoms with van der Waals surface area (Å²) in [6.45, 7) is -0.450. The fourth-order valence-electron chi connectivity index (χ4n) is 1.69. The minimum absolute atomic E-state index is 0.0179. The van der Waals surface area contributed by atoms with Gasteiger partial charge in [0, 0.05) is 6.04 Å². The van der Waals surface area contributed by atoms with Crippen LogP contribution in [-0.2, 0) is 19.6 Å². The standard InChI is InChI=1S/C15H16N2O5S/c1-2-8-16-14(18)10-22-15(19)11-4-3-5-13(9-11)23(20,21)17-12-6-7-12/h1,3-5,9,12,17H,6-8,10H2,(H,16,18). The van der Waals surface area contributed by atoms with Crippen LogP contribution in [0, 0.1) is 12.3 Å². The van der Waals surface area contributed by atoms with Crippen LogP contribution >= 0.6 is 0 Å². The first-order valence-electron chi connectivity index (χ1n) is 6.92. The lowest BCUT2D eigenvalue weighted by Crippen LogP contribution is -2.29. The predicted molar refractivity (Wildman–Crippen MR) is 81.9 cm³/mol. The van der Waals surface area contributed by atoms with Crippen molar-refractivity contribution in [2.75, 3.05) is 13.2 Å². The van der Waals surface area contributed by atoms with E-state index in [2.05, 4.69) is 16.0 Å². The van der Waals surface area contributed by atoms with Gasteiger partial charge < -0.3 is 10.1 Å². The lowest BCUT2D eigenvalue weighted by atomic mass is 10.2. The number of carbonyl (C=O) groups excluding carboxylic acids is 2. The van der Waals surface area contributed by atoms with Crippen molar-refractivity contribution >= 4 is 21.9 Å². The molecule has 1 amide bonds. The maximum atomic E-state index is 12.1. The first-order valence-corrected chi connectivity index (χ1v) is 8.40. The van der Waals surface area contributed by atoms with E-state index in [1.54, 1.807) is 0 Å². The molecule has 2 rings (SSSR count). The molecule has 1 aliphatic carbocycles. The molecule has 0 radical (unpaired) electrons. The Labute approximate surface area is 134 Å². The van der Waals surface area contributed by atoms with Gasteiger partial charge in [0.25, 0.3) is 5.91 Å². The molecule has 23 heavy (non-hydrogen) atoms. The Hall–Kier alpha value is -2.37. The van der Waals surface area contributed by atoms with Crippen LogP contribution in [0.25, 0.3) is 0 Å². The summed E-state index contributed by atoms with van der Waals surface area (Å²) in [5.41, 5.74) is 0.0495. The van der Waals surface area contributed by atoms with E-state index in [1.165, 1.54) is 24.3 Å². The summed E-state index contributed by atoms with van der Waals surface area (Å²) in [6, 6.07) is 5.43. The molecule has 1 aliphatic rings. The number of rotatable bonds is 7. The molecule has 0 heterocycles. The number of terminal acetylenes is 1. The fraction of sp³-hybridized carbons (Fsp3) is 0.333. The van der Waals surface area contributed by atoms with Crippen molar-refractivity contribution in [2.24, 2.45) is 0 Å². The number of benzene rings is 1. The summed E-state index contributed by atoms with van der Waals surface area (Å²) < 4.78 is 31.5. The van der Waals surface area contributed by atoms with E-state index in [9.17, 15) is 18.0 Å². The first kappa shape index (κ1) is 17.0. The zero-order valence-electron chi connectivity index (χ0n) is 12.2. The van der Waals surface area contributed by atoms with Gasteiger partial charge in [0.1, 0.15) is 0 Å². The third-order valence-corrected chi connectivity index (χ3v) is 4.52. The molecule has 0 saturated heterocycles. The SMILES string of the molecule is C#CCNC(=O)COC(=O)c1cccc(S(=O)(=O)NC2CC2)c1. The second-order valence-electron chi connectivity index (χ2n) is 4.98. The van der Waals surface area contributed by atoms with Crippen LogP contribution in [0.15, 0.2) is 29.2 Å². The third kappa shape index (κ3) is 5.09. The summed E-state index contributed by atoms with van der Waals surface area (Å²) in [7, 11) is -3.66. The number of ether oxygens (including phenoxy) is 1. The molecule has 0 aliphatic heterocycles. The maximum absolute atomic E-state index is 12.1. The fourth-order valence-corrected chi connectivity index (χ4v) is 3.04. The molecule has 8 heteroatoms. The van der Waals surface area contributed by atoms with Crippen molar-refractivity contribution in [3.63, 3.8) is 0 Å². The number of amides is 1. The Kier molecular flexibility index (Phi) is 5.36. The zero-order valence-corrected chi connectivity index (χ0v) is 13.1. The maximum Gasteiger partial charge on any atom is 0.338 e. The van der Waals surface area contributed by atoms with E-state index in [1.807, 2.05) is 0 Å². The molecular weight excluding hydrogens is 320 g/mol. The monoisotopic (exact) mass is 336 g/mol. The van der Waals surface area contributed by atoms with Crippen LogP contribution in [-0.4, -0.2) is 39.5 Å². The van der Waals surface area contributed by atoms with Gasteiger partial charge in [0.15, 0.2) is 6.61 Å². The Bertz CT molecular complexity index is 747. The average Bonchev–Trinajstić information content (AvgIpc) is 3.34. The molecule has 1 fully saturated rings. The van der Waals surface area contributed by atoms with E-state index in [-0.39, 0.29) is 23.0 Å². The van der Waals surface area contributed by atoms with E-state index < -0.39 is 28.5 Å². The lowest BCUT2D eigenvalue weighted by molar-refractivity contribution is -0.123. The highest BCUT2D eigenvalue weighted by Crippen LogP contribution is 2.22. The summed E-state index contributed by atoms with van der Waals surface area (Å²) >= 11 is 0. The van der Waals surface area contributed by atoms with Gasteiger partial charge in [-0.3, -0.25) is 4.79 Å². The largest absolute Gasteiger partial charge is 0.452 e. The topological polar surface area (TPSA) is 102 Å². The van der Waals surface area contributed by atoms with Crippen LogP contribution in [0.2, 0.25) is 0 Å². The van der Waals surface area contributed by atoms with Crippen molar-refractivity contribution in [3.05, 3.63) is 29.8 Å². The van der Waals surface area contributed by atoms with Crippen LogP contribution in [0.3, 0.4) is 0 Å². The smallest absolute Gasteiger partial charge is 0.338 e. The molecule has 0 unspecified atom stereocenters. The molecule has 1 aromatic rings. The summed E-state index contributed by atoms with van der Waals surface area (Å²) in [6.07, 6.45) is 6.61. The van der Waals surface area contributed by atoms with Crippen LogP contribution in [0.5, 0.6) is 0 Å². The summed E-state index contributed by atoms with van der Waals surface area (Å²) in [4.78, 5) is 23.2. The minimum atomic E-state index is -3.66. The molecule has 122 valence electrons. The van der Waals surface area contributed by atoms with E-state index in [0.29, 0.717) is 0 Å². The zero-order chi connectivity index (χ0) is 16.9. The van der Waals surface area contributed by atoms with Crippen molar-refractivity contribution in [3.8, 4) is 12.3 Å². The van der Waals surface area contributed by atoms with Gasteiger partial charge in [-0.25, -0.2) is 17.9 Å². The van der Waals surface area contributed by atoms with E-state index in [0.717, 1.165) is 12.8 Å². The highest BCUT2D eigenvalue weighted by molar-refractivity contribution is 7.89. The third-order valence-electron chi connectivity index (χ3n) is 3.00. The summed E-state index contributed by atoms with van der Waals surface area (Å²) in [5.74, 6) is 0.897. The number of nitrogens with one attached hydrogen (secondary N) is 2. The molecule has 1 saturated carbocycles. The second kappa shape index (κ2) is 7.26. The number of hydrogen-bond donors (Lipinski definition) is 2. The molecule has 0 bridgehead atoms. The molecule has 0 atom stereocenters. The van der Waals surface area contributed by atoms with Crippen LogP contribution in [0.1, 0.15) is 23.2 Å². The van der Waals surface area contributed by atoms with Gasteiger partial charge in [-0.1, -0.05) is 12.0 Å². The highest BCUT2D eigenvalue weighted by Gasteiger charge is 2.28. The van der Waals surface area contributed by atoms with Crippen molar-refractivity contribution in [2.45, 2.75) is 23.8 Å². The first-order chi connectivity index (χ1) is 10.9. The van der Waals surface area contributed by atoms with Crippen LogP contribution in [0.4, 0.5) is 0 Å². The van der Waals surface area contributed by atoms with Gasteiger partial charge in [-0.2, -0.15) is 0 Å². The number of sulfonamides is 1. The van der Waals surface area contributed by atoms with Gasteiger partial charge >= 0.3 is 5.97 Å². The number of hydrogen-bond acceptors (Lipinski definition) is 5. The van der Waals surface area contributed by atoms with Gasteiger partial charge in [0.05, 0.1) is 17.0 Å². The van der Waals surface area contributed by atoms with E-state index in [4.69, 9.17) is 11.2 Å². The predicted octanol–water partition coefficient (Wildman–Crippen LogP) is 0.0335. The Morgan fingerprint density at radius 1 is 1.35 bits per heavy atom. The van der Waals surface area contributed by atoms with Crippen molar-refractivity contribution in [1.82, 2.24) is 10.0 Å². The van der Waals surface area contributed by atoms with Crippen molar-refractivity contribution < 1.29 is 22.7 Å². The molecular formula is C15H16N2O5S. The quantitative estimate of drug-likeness (QED) is 0.540. The number of carbonyl (C=O) groups is 2. The average molecular weight is 336 g/mol. The lowest BCUT2D eigenvalue weighted by Gasteiger charge is -2.08. The molecule has 2 N–H and O–H groups in total. The molecule has 1 aromatic carbocycles. The Morgan fingerprint density at radius 3 is 2.74 bits per heavy atom. The highest BCUT2D eigenvalue weighted by atomic mass is 32.2. The summed E-state index contributed by atoms with van der Waals surface area (Å²) in [5, 5.41) is 2.35. The molecule has 7 nitrogen and oxygen atoms in total. The molecule has 0 spiro atoms. The molecule has 0 aromatic heterocycles. The van der Waals surface area contributed by atoms with Gasteiger partial charge in [-0.05, 0) is 31.0 Å². The van der Waals surface area contributed by atoms with Crippen LogP contribution < -0.4 is 10.0 Å². The Balaban J connectivity index is 2.00. The van der Waals surface area contributed by atoms with E-state index >= 15 is 0 Å². The van der Waals surface area contributed by atoms with Gasteiger partial charge in [0.2, 0.25) is 10.0 Å². The van der Waals surface area contributed by atoms with Gasteiger partial charge in [-0.15, -0.1) is 6.42 Å². The van der Waals surface area contributed by atoms with Crippen molar-refractivity contribution in [1.29, 1.82) is 0 Å². The Morgan fingerprint density at radius 2 is 2.09 bits per heavy atom.